The van der Waals surface area contributed by atoms with Crippen molar-refractivity contribution in [2.75, 3.05) is 5.43 Å². The molecule has 1 aromatic heterocycles. The van der Waals surface area contributed by atoms with Gasteiger partial charge >= 0.3 is 0 Å². The minimum absolute atomic E-state index is 0.310. The molecule has 4 atom stereocenters. The molecular formula is C17H22N4O3. The van der Waals surface area contributed by atoms with Gasteiger partial charge in [-0.25, -0.2) is 4.98 Å². The van der Waals surface area contributed by atoms with E-state index in [-0.39, 0.29) is 11.8 Å². The van der Waals surface area contributed by atoms with Crippen LogP contribution in [0.15, 0.2) is 36.5 Å². The minimum Gasteiger partial charge on any atom is -0.391 e. The van der Waals surface area contributed by atoms with Gasteiger partial charge in [0.2, 0.25) is 11.8 Å². The molecule has 128 valence electrons. The van der Waals surface area contributed by atoms with Crippen molar-refractivity contribution in [3.63, 3.8) is 0 Å². The molecule has 7 heteroatoms. The highest BCUT2D eigenvalue weighted by Crippen LogP contribution is 2.29. The summed E-state index contributed by atoms with van der Waals surface area (Å²) in [5, 5.41) is 14.6. The van der Waals surface area contributed by atoms with Gasteiger partial charge in [0.1, 0.15) is 11.9 Å². The number of nitrogens with one attached hydrogen (secondary N) is 2. The molecule has 0 spiro atoms. The lowest BCUT2D eigenvalue weighted by Gasteiger charge is -2.40. The average Bonchev–Trinajstić information content (AvgIpc) is 2.88. The number of nitrogens with zero attached hydrogens (tertiary/aromatic N) is 2. The van der Waals surface area contributed by atoms with Gasteiger partial charge in [0.15, 0.2) is 0 Å². The molecule has 0 aromatic carbocycles. The van der Waals surface area contributed by atoms with Crippen molar-refractivity contribution in [1.29, 1.82) is 0 Å². The Morgan fingerprint density at radius 2 is 2.17 bits per heavy atom. The van der Waals surface area contributed by atoms with Crippen LogP contribution in [0.3, 0.4) is 0 Å². The molecule has 2 aliphatic heterocycles. The molecule has 0 saturated carbocycles. The summed E-state index contributed by atoms with van der Waals surface area (Å²) in [7, 11) is 0. The smallest absolute Gasteiger partial charge is 0.246 e. The van der Waals surface area contributed by atoms with Crippen LogP contribution in [0.1, 0.15) is 26.2 Å². The zero-order chi connectivity index (χ0) is 17.1. The molecule has 3 heterocycles. The lowest BCUT2D eigenvalue weighted by molar-refractivity contribution is -0.126. The third-order valence-corrected chi connectivity index (χ3v) is 4.45. The number of aromatic nitrogens is 1. The van der Waals surface area contributed by atoms with Crippen molar-refractivity contribution in [3.8, 4) is 0 Å². The number of hydrazine groups is 1. The number of amides is 2. The average molecular weight is 330 g/mol. The number of imide groups is 1. The van der Waals surface area contributed by atoms with E-state index in [1.807, 2.05) is 6.07 Å². The third kappa shape index (κ3) is 3.18. The first-order valence-electron chi connectivity index (χ1n) is 8.29. The summed E-state index contributed by atoms with van der Waals surface area (Å²) in [6.07, 6.45) is 7.02. The van der Waals surface area contributed by atoms with Gasteiger partial charge in [0, 0.05) is 6.20 Å². The highest BCUT2D eigenvalue weighted by atomic mass is 16.3. The molecule has 3 N–H and O–H groups in total. The molecule has 24 heavy (non-hydrogen) atoms. The highest BCUT2D eigenvalue weighted by molar-refractivity contribution is 6.08. The van der Waals surface area contributed by atoms with Gasteiger partial charge in [0.05, 0.1) is 18.1 Å². The largest absolute Gasteiger partial charge is 0.391 e. The van der Waals surface area contributed by atoms with E-state index in [9.17, 15) is 14.7 Å². The van der Waals surface area contributed by atoms with Gasteiger partial charge in [-0.1, -0.05) is 38.0 Å². The zero-order valence-corrected chi connectivity index (χ0v) is 13.6. The van der Waals surface area contributed by atoms with Crippen LogP contribution in [-0.2, 0) is 9.59 Å². The second kappa shape index (κ2) is 7.11. The molecule has 0 radical (unpaired) electrons. The maximum absolute atomic E-state index is 12.3. The standard InChI is InChI=1S/C17H22N4O3/c1-2-3-6-13(22)12-9-8-11-15(17(24)19-16(11)23)21(12)20-14-7-4-5-10-18-14/h4-5,7-13,15,22H,2-3,6H2,1H3,(H,18,20)(H,19,23,24). The monoisotopic (exact) mass is 330 g/mol. The Labute approximate surface area is 140 Å². The molecular weight excluding hydrogens is 308 g/mol. The number of pyridine rings is 1. The summed E-state index contributed by atoms with van der Waals surface area (Å²) >= 11 is 0. The number of carbonyl (C=O) groups is 2. The Bertz CT molecular complexity index is 634. The van der Waals surface area contributed by atoms with Crippen LogP contribution < -0.4 is 10.7 Å². The molecule has 1 aromatic rings. The van der Waals surface area contributed by atoms with E-state index in [0.29, 0.717) is 12.2 Å². The first-order valence-corrected chi connectivity index (χ1v) is 8.29. The number of rotatable bonds is 6. The molecule has 1 fully saturated rings. The Morgan fingerprint density at radius 3 is 2.88 bits per heavy atom. The number of aliphatic hydroxyl groups excluding tert-OH is 1. The van der Waals surface area contributed by atoms with E-state index in [2.05, 4.69) is 22.7 Å². The number of anilines is 1. The first kappa shape index (κ1) is 16.6. The van der Waals surface area contributed by atoms with Crippen molar-refractivity contribution in [2.45, 2.75) is 44.4 Å². The van der Waals surface area contributed by atoms with E-state index in [1.54, 1.807) is 35.5 Å². The Balaban J connectivity index is 1.88. The van der Waals surface area contributed by atoms with Gasteiger partial charge in [0.25, 0.3) is 0 Å². The van der Waals surface area contributed by atoms with Crippen molar-refractivity contribution in [2.24, 2.45) is 5.92 Å². The van der Waals surface area contributed by atoms with E-state index in [1.165, 1.54) is 0 Å². The second-order valence-electron chi connectivity index (χ2n) is 6.14. The SMILES string of the molecule is CCCCC(O)C1C=CC2C(=O)NC(=O)C2N1Nc1ccccn1. The van der Waals surface area contributed by atoms with Gasteiger partial charge in [-0.05, 0) is 18.6 Å². The van der Waals surface area contributed by atoms with E-state index >= 15 is 0 Å². The van der Waals surface area contributed by atoms with Crippen LogP contribution in [0.2, 0.25) is 0 Å². The molecule has 3 rings (SSSR count). The Kier molecular flexibility index (Phi) is 4.92. The number of hydrogen-bond acceptors (Lipinski definition) is 6. The molecule has 0 aliphatic carbocycles. The topological polar surface area (TPSA) is 94.6 Å². The summed E-state index contributed by atoms with van der Waals surface area (Å²) in [4.78, 5) is 28.4. The molecule has 1 saturated heterocycles. The minimum atomic E-state index is -0.689. The molecule has 0 bridgehead atoms. The summed E-state index contributed by atoms with van der Waals surface area (Å²) < 4.78 is 0. The fourth-order valence-corrected chi connectivity index (χ4v) is 3.19. The van der Waals surface area contributed by atoms with Crippen LogP contribution in [0, 0.1) is 5.92 Å². The lowest BCUT2D eigenvalue weighted by Crippen LogP contribution is -2.57. The predicted octanol–water partition coefficient (Wildman–Crippen LogP) is 0.841. The van der Waals surface area contributed by atoms with Crippen LogP contribution in [0.5, 0.6) is 0 Å². The molecule has 4 unspecified atom stereocenters. The number of hydrogen-bond donors (Lipinski definition) is 3. The molecule has 7 nitrogen and oxygen atoms in total. The summed E-state index contributed by atoms with van der Waals surface area (Å²) in [6.45, 7) is 2.06. The maximum atomic E-state index is 12.3. The molecule has 2 amide bonds. The number of fused-ring (bicyclic) bond motifs is 1. The summed E-state index contributed by atoms with van der Waals surface area (Å²) in [5.41, 5.74) is 3.11. The van der Waals surface area contributed by atoms with E-state index in [0.717, 1.165) is 12.8 Å². The van der Waals surface area contributed by atoms with Gasteiger partial charge in [-0.3, -0.25) is 14.9 Å². The summed E-state index contributed by atoms with van der Waals surface area (Å²) in [6, 6.07) is 4.30. The highest BCUT2D eigenvalue weighted by Gasteiger charge is 2.49. The lowest BCUT2D eigenvalue weighted by atomic mass is 9.91. The van der Waals surface area contributed by atoms with E-state index in [4.69, 9.17) is 0 Å². The van der Waals surface area contributed by atoms with Crippen LogP contribution in [0.25, 0.3) is 0 Å². The maximum Gasteiger partial charge on any atom is 0.246 e. The number of carbonyl (C=O) groups excluding carboxylic acids is 2. The van der Waals surface area contributed by atoms with Gasteiger partial charge < -0.3 is 10.5 Å². The number of unbranched alkanes of at least 4 members (excludes halogenated alkanes) is 1. The third-order valence-electron chi connectivity index (χ3n) is 4.45. The zero-order valence-electron chi connectivity index (χ0n) is 13.6. The van der Waals surface area contributed by atoms with Crippen molar-refractivity contribution in [1.82, 2.24) is 15.3 Å². The quantitative estimate of drug-likeness (QED) is 0.529. The Morgan fingerprint density at radius 1 is 1.33 bits per heavy atom. The van der Waals surface area contributed by atoms with E-state index < -0.39 is 24.1 Å². The Hall–Kier alpha value is -2.25. The van der Waals surface area contributed by atoms with Crippen molar-refractivity contribution < 1.29 is 14.7 Å². The second-order valence-corrected chi connectivity index (χ2v) is 6.14. The fraction of sp³-hybridized carbons (Fsp3) is 0.471. The van der Waals surface area contributed by atoms with Crippen LogP contribution in [0.4, 0.5) is 5.82 Å². The predicted molar refractivity (Wildman–Crippen MR) is 88.6 cm³/mol. The number of aliphatic hydroxyl groups is 1. The fourth-order valence-electron chi connectivity index (χ4n) is 3.19. The van der Waals surface area contributed by atoms with Gasteiger partial charge in [-0.15, -0.1) is 0 Å². The first-order chi connectivity index (χ1) is 11.6. The van der Waals surface area contributed by atoms with Crippen molar-refractivity contribution >= 4 is 17.6 Å². The van der Waals surface area contributed by atoms with Gasteiger partial charge in [-0.2, -0.15) is 5.01 Å². The molecule has 2 aliphatic rings. The normalized spacial score (nSPS) is 27.7. The van der Waals surface area contributed by atoms with Crippen molar-refractivity contribution in [3.05, 3.63) is 36.5 Å². The van der Waals surface area contributed by atoms with Crippen LogP contribution >= 0.6 is 0 Å². The summed E-state index contributed by atoms with van der Waals surface area (Å²) in [5.74, 6) is -0.657. The van der Waals surface area contributed by atoms with Crippen LogP contribution in [-0.4, -0.2) is 45.1 Å².